The first-order valence-corrected chi connectivity index (χ1v) is 8.42. The predicted octanol–water partition coefficient (Wildman–Crippen LogP) is 4.96. The van der Waals surface area contributed by atoms with Gasteiger partial charge in [-0.2, -0.15) is 0 Å². The highest BCUT2D eigenvalue weighted by Crippen LogP contribution is 2.25. The molecule has 0 radical (unpaired) electrons. The summed E-state index contributed by atoms with van der Waals surface area (Å²) in [6.45, 7) is 2.16. The zero-order valence-corrected chi connectivity index (χ0v) is 14.3. The van der Waals surface area contributed by atoms with Crippen LogP contribution in [0.4, 0.5) is 11.4 Å². The molecule has 1 aliphatic rings. The van der Waals surface area contributed by atoms with Crippen LogP contribution in [-0.4, -0.2) is 19.0 Å². The Morgan fingerprint density at radius 1 is 1.14 bits per heavy atom. The Morgan fingerprint density at radius 2 is 1.91 bits per heavy atom. The normalized spacial score (nSPS) is 14.2. The number of nitrogens with zero attached hydrogens (tertiary/aromatic N) is 1. The second-order valence-electron chi connectivity index (χ2n) is 5.32. The molecule has 1 saturated heterocycles. The van der Waals surface area contributed by atoms with Crippen molar-refractivity contribution >= 4 is 44.8 Å². The second kappa shape index (κ2) is 6.71. The summed E-state index contributed by atoms with van der Waals surface area (Å²) in [6.07, 6.45) is 2.45. The second-order valence-corrected chi connectivity index (χ2v) is 6.65. The van der Waals surface area contributed by atoms with Gasteiger partial charge in [0.15, 0.2) is 0 Å². The lowest BCUT2D eigenvalue weighted by Crippen LogP contribution is -2.18. The Hall–Kier alpha value is -1.52. The summed E-state index contributed by atoms with van der Waals surface area (Å²) in [5, 5.41) is 3.35. The maximum Gasteiger partial charge on any atom is 0.257 e. The molecule has 1 aliphatic heterocycles. The first-order valence-electron chi connectivity index (χ1n) is 7.25. The molecule has 1 N–H and O–H groups in total. The summed E-state index contributed by atoms with van der Waals surface area (Å²) in [5.41, 5.74) is 2.40. The third-order valence-corrected chi connectivity index (χ3v) is 4.56. The summed E-state index contributed by atoms with van der Waals surface area (Å²) in [5.74, 6) is -0.198. The molecule has 0 saturated carbocycles. The maximum absolute atomic E-state index is 12.4. The Balaban J connectivity index is 1.77. The molecule has 0 spiro atoms. The van der Waals surface area contributed by atoms with Crippen molar-refractivity contribution in [1.82, 2.24) is 0 Å². The van der Waals surface area contributed by atoms with Gasteiger partial charge in [-0.1, -0.05) is 33.6 Å². The highest BCUT2D eigenvalue weighted by atomic mass is 79.9. The molecular formula is C17H16BrClN2O. The van der Waals surface area contributed by atoms with Crippen molar-refractivity contribution in [2.75, 3.05) is 23.3 Å². The largest absolute Gasteiger partial charge is 0.371 e. The zero-order valence-electron chi connectivity index (χ0n) is 12.0. The molecule has 0 aromatic heterocycles. The van der Waals surface area contributed by atoms with Crippen molar-refractivity contribution in [3.8, 4) is 0 Å². The van der Waals surface area contributed by atoms with Gasteiger partial charge in [-0.15, -0.1) is 0 Å². The molecule has 3 nitrogen and oxygen atoms in total. The van der Waals surface area contributed by atoms with Crippen molar-refractivity contribution < 1.29 is 4.79 Å². The van der Waals surface area contributed by atoms with E-state index in [1.165, 1.54) is 12.8 Å². The monoisotopic (exact) mass is 378 g/mol. The summed E-state index contributed by atoms with van der Waals surface area (Å²) < 4.78 is 0.852. The number of benzene rings is 2. The lowest BCUT2D eigenvalue weighted by Gasteiger charge is -2.18. The van der Waals surface area contributed by atoms with Gasteiger partial charge in [0, 0.05) is 28.9 Å². The van der Waals surface area contributed by atoms with Gasteiger partial charge >= 0.3 is 0 Å². The lowest BCUT2D eigenvalue weighted by atomic mass is 10.2. The van der Waals surface area contributed by atoms with E-state index in [1.54, 1.807) is 18.2 Å². The van der Waals surface area contributed by atoms with Crippen molar-refractivity contribution in [1.29, 1.82) is 0 Å². The van der Waals surface area contributed by atoms with Crippen LogP contribution in [0.15, 0.2) is 46.9 Å². The molecule has 22 heavy (non-hydrogen) atoms. The molecular weight excluding hydrogens is 364 g/mol. The first-order chi connectivity index (χ1) is 10.6. The third-order valence-electron chi connectivity index (χ3n) is 3.75. The minimum Gasteiger partial charge on any atom is -0.371 e. The molecule has 0 atom stereocenters. The fraction of sp³-hybridized carbons (Fsp3) is 0.235. The van der Waals surface area contributed by atoms with E-state index < -0.39 is 0 Å². The van der Waals surface area contributed by atoms with Gasteiger partial charge in [0.2, 0.25) is 0 Å². The molecule has 5 heteroatoms. The van der Waals surface area contributed by atoms with E-state index in [2.05, 4.69) is 32.2 Å². The maximum atomic E-state index is 12.4. The Kier molecular flexibility index (Phi) is 4.69. The molecule has 1 amide bonds. The van der Waals surface area contributed by atoms with Gasteiger partial charge in [-0.25, -0.2) is 0 Å². The van der Waals surface area contributed by atoms with E-state index in [4.69, 9.17) is 11.6 Å². The van der Waals surface area contributed by atoms with Gasteiger partial charge in [0.05, 0.1) is 10.6 Å². The van der Waals surface area contributed by atoms with E-state index in [0.717, 1.165) is 28.9 Å². The fourth-order valence-corrected chi connectivity index (χ4v) is 3.39. The minimum absolute atomic E-state index is 0.198. The van der Waals surface area contributed by atoms with Gasteiger partial charge in [0.25, 0.3) is 5.91 Å². The SMILES string of the molecule is O=C(Nc1cccc(N2CCCC2)c1)c1ccc(Br)cc1Cl. The Morgan fingerprint density at radius 3 is 2.64 bits per heavy atom. The minimum atomic E-state index is -0.198. The summed E-state index contributed by atoms with van der Waals surface area (Å²) in [7, 11) is 0. The molecule has 1 fully saturated rings. The van der Waals surface area contributed by atoms with E-state index in [0.29, 0.717) is 10.6 Å². The summed E-state index contributed by atoms with van der Waals surface area (Å²) in [4.78, 5) is 14.7. The van der Waals surface area contributed by atoms with Crippen LogP contribution in [0.1, 0.15) is 23.2 Å². The predicted molar refractivity (Wildman–Crippen MR) is 95.0 cm³/mol. The summed E-state index contributed by atoms with van der Waals surface area (Å²) in [6, 6.07) is 13.2. The van der Waals surface area contributed by atoms with Crippen LogP contribution in [0.2, 0.25) is 5.02 Å². The zero-order chi connectivity index (χ0) is 15.5. The van der Waals surface area contributed by atoms with Crippen LogP contribution in [0.5, 0.6) is 0 Å². The molecule has 0 aliphatic carbocycles. The molecule has 1 heterocycles. The van der Waals surface area contributed by atoms with E-state index >= 15 is 0 Å². The Bertz CT molecular complexity index is 699. The standard InChI is InChI=1S/C17H16BrClN2O/c18-12-6-7-15(16(19)10-12)17(22)20-13-4-3-5-14(11-13)21-8-1-2-9-21/h3-7,10-11H,1-2,8-9H2,(H,20,22). The number of nitrogens with one attached hydrogen (secondary N) is 1. The van der Waals surface area contributed by atoms with Gasteiger partial charge < -0.3 is 10.2 Å². The summed E-state index contributed by atoms with van der Waals surface area (Å²) >= 11 is 9.46. The van der Waals surface area contributed by atoms with Gasteiger partial charge in [-0.05, 0) is 49.2 Å². The van der Waals surface area contributed by atoms with E-state index in [1.807, 2.05) is 18.2 Å². The number of carbonyl (C=O) groups excluding carboxylic acids is 1. The van der Waals surface area contributed by atoms with Crippen molar-refractivity contribution in [2.45, 2.75) is 12.8 Å². The van der Waals surface area contributed by atoms with Gasteiger partial charge in [0.1, 0.15) is 0 Å². The number of amides is 1. The number of anilines is 2. The highest BCUT2D eigenvalue weighted by molar-refractivity contribution is 9.10. The van der Waals surface area contributed by atoms with Crippen molar-refractivity contribution in [2.24, 2.45) is 0 Å². The van der Waals surface area contributed by atoms with Crippen LogP contribution in [0.3, 0.4) is 0 Å². The van der Waals surface area contributed by atoms with Crippen LogP contribution >= 0.6 is 27.5 Å². The van der Waals surface area contributed by atoms with Crippen LogP contribution in [0, 0.1) is 0 Å². The number of rotatable bonds is 3. The van der Waals surface area contributed by atoms with E-state index in [-0.39, 0.29) is 5.91 Å². The molecule has 3 rings (SSSR count). The molecule has 2 aromatic carbocycles. The van der Waals surface area contributed by atoms with Crippen LogP contribution in [-0.2, 0) is 0 Å². The van der Waals surface area contributed by atoms with E-state index in [9.17, 15) is 4.79 Å². The highest BCUT2D eigenvalue weighted by Gasteiger charge is 2.14. The van der Waals surface area contributed by atoms with Gasteiger partial charge in [-0.3, -0.25) is 4.79 Å². The number of halogens is 2. The first kappa shape index (κ1) is 15.4. The number of hydrogen-bond acceptors (Lipinski definition) is 2. The topological polar surface area (TPSA) is 32.3 Å². The lowest BCUT2D eigenvalue weighted by molar-refractivity contribution is 0.102. The third kappa shape index (κ3) is 3.45. The molecule has 2 aromatic rings. The number of hydrogen-bond donors (Lipinski definition) is 1. The number of carbonyl (C=O) groups is 1. The molecule has 0 unspecified atom stereocenters. The molecule has 114 valence electrons. The van der Waals surface area contributed by atoms with Crippen LogP contribution < -0.4 is 10.2 Å². The quantitative estimate of drug-likeness (QED) is 0.818. The van der Waals surface area contributed by atoms with Crippen LogP contribution in [0.25, 0.3) is 0 Å². The fourth-order valence-electron chi connectivity index (χ4n) is 2.63. The Labute approximate surface area is 143 Å². The average molecular weight is 380 g/mol. The average Bonchev–Trinajstić information content (AvgIpc) is 3.01. The van der Waals surface area contributed by atoms with Crippen molar-refractivity contribution in [3.63, 3.8) is 0 Å². The smallest absolute Gasteiger partial charge is 0.257 e. The molecule has 0 bridgehead atoms. The van der Waals surface area contributed by atoms with Crippen molar-refractivity contribution in [3.05, 3.63) is 57.5 Å².